The summed E-state index contributed by atoms with van der Waals surface area (Å²) in [6.07, 6.45) is 6.64. The van der Waals surface area contributed by atoms with E-state index in [2.05, 4.69) is 28.8 Å². The predicted octanol–water partition coefficient (Wildman–Crippen LogP) is 4.42. The number of nitrogens with zero attached hydrogens (tertiary/aromatic N) is 3. The summed E-state index contributed by atoms with van der Waals surface area (Å²) in [5.74, 6) is -0.199. The first kappa shape index (κ1) is 20.3. The molecule has 1 saturated heterocycles. The van der Waals surface area contributed by atoms with Gasteiger partial charge in [-0.05, 0) is 68.7 Å². The van der Waals surface area contributed by atoms with Gasteiger partial charge in [0.25, 0.3) is 5.91 Å². The largest absolute Gasteiger partial charge is 0.319 e. The molecule has 154 valence electrons. The molecular formula is C23H23ClN4O2. The number of para-hydroxylation sites is 1. The topological polar surface area (TPSA) is 66.7 Å². The van der Waals surface area contributed by atoms with Crippen LogP contribution >= 0.6 is 11.6 Å². The number of rotatable bonds is 5. The van der Waals surface area contributed by atoms with Crippen molar-refractivity contribution in [2.75, 3.05) is 25.5 Å². The molecule has 6 nitrogen and oxygen atoms in total. The minimum Gasteiger partial charge on any atom is -0.319 e. The van der Waals surface area contributed by atoms with Gasteiger partial charge in [-0.15, -0.1) is 0 Å². The summed E-state index contributed by atoms with van der Waals surface area (Å²) >= 11 is 6.17. The third-order valence-corrected chi connectivity index (χ3v) is 5.97. The molecular weight excluding hydrogens is 400 g/mol. The molecule has 3 aromatic rings. The fourth-order valence-electron chi connectivity index (χ4n) is 3.92. The molecule has 1 aliphatic rings. The molecule has 1 fully saturated rings. The van der Waals surface area contributed by atoms with E-state index in [9.17, 15) is 9.59 Å². The Balaban J connectivity index is 1.75. The number of carbonyl (C=O) groups is 2. The number of hydrogen-bond acceptors (Lipinski definition) is 4. The van der Waals surface area contributed by atoms with E-state index in [-0.39, 0.29) is 17.6 Å². The minimum atomic E-state index is -0.312. The van der Waals surface area contributed by atoms with Crippen molar-refractivity contribution in [2.45, 2.75) is 18.8 Å². The lowest BCUT2D eigenvalue weighted by Crippen LogP contribution is -2.30. The van der Waals surface area contributed by atoms with Crippen molar-refractivity contribution in [1.82, 2.24) is 14.3 Å². The van der Waals surface area contributed by atoms with Crippen molar-refractivity contribution in [2.24, 2.45) is 0 Å². The Labute approximate surface area is 180 Å². The van der Waals surface area contributed by atoms with Crippen LogP contribution in [-0.2, 0) is 0 Å². The Morgan fingerprint density at radius 2 is 2.00 bits per heavy atom. The number of imidazole rings is 1. The lowest BCUT2D eigenvalue weighted by Gasteiger charge is -2.30. The first-order chi connectivity index (χ1) is 14.5. The summed E-state index contributed by atoms with van der Waals surface area (Å²) in [4.78, 5) is 32.1. The Bertz CT molecular complexity index is 1130. The van der Waals surface area contributed by atoms with Crippen LogP contribution in [0.25, 0.3) is 5.65 Å². The highest BCUT2D eigenvalue weighted by atomic mass is 35.5. The normalized spacial score (nSPS) is 15.3. The molecule has 2 aromatic heterocycles. The van der Waals surface area contributed by atoms with Crippen molar-refractivity contribution in [3.63, 3.8) is 0 Å². The number of benzene rings is 1. The SMILES string of the molecule is C=CC(=O)c1cc2ncc(C(=O)Nc3ccccc3Cl)n2cc1C1CCN(C)CC1. The van der Waals surface area contributed by atoms with Crippen LogP contribution in [0.2, 0.25) is 5.02 Å². The zero-order chi connectivity index (χ0) is 21.3. The summed E-state index contributed by atoms with van der Waals surface area (Å²) in [5.41, 5.74) is 3.01. The molecule has 30 heavy (non-hydrogen) atoms. The van der Waals surface area contributed by atoms with Gasteiger partial charge in [0, 0.05) is 11.8 Å². The van der Waals surface area contributed by atoms with Crippen LogP contribution in [0.1, 0.15) is 45.2 Å². The lowest BCUT2D eigenvalue weighted by molar-refractivity contribution is 0.102. The molecule has 0 unspecified atom stereocenters. The molecule has 1 N–H and O–H groups in total. The lowest BCUT2D eigenvalue weighted by atomic mass is 9.86. The van der Waals surface area contributed by atoms with E-state index in [1.807, 2.05) is 6.20 Å². The number of hydrogen-bond donors (Lipinski definition) is 1. The van der Waals surface area contributed by atoms with Gasteiger partial charge in [0.05, 0.1) is 16.9 Å². The number of aromatic nitrogens is 2. The highest BCUT2D eigenvalue weighted by Crippen LogP contribution is 2.31. The molecule has 7 heteroatoms. The van der Waals surface area contributed by atoms with Crippen molar-refractivity contribution < 1.29 is 9.59 Å². The zero-order valence-electron chi connectivity index (χ0n) is 16.8. The van der Waals surface area contributed by atoms with Gasteiger partial charge in [-0.1, -0.05) is 30.3 Å². The summed E-state index contributed by atoms with van der Waals surface area (Å²) in [6, 6.07) is 8.83. The average molecular weight is 423 g/mol. The number of halogens is 1. The number of pyridine rings is 1. The molecule has 3 heterocycles. The van der Waals surface area contributed by atoms with Gasteiger partial charge in [-0.2, -0.15) is 0 Å². The molecule has 0 radical (unpaired) electrons. The molecule has 0 aliphatic carbocycles. The molecule has 4 rings (SSSR count). The van der Waals surface area contributed by atoms with Gasteiger partial charge >= 0.3 is 0 Å². The molecule has 1 aromatic carbocycles. The number of likely N-dealkylation sites (tertiary alicyclic amines) is 1. The molecule has 1 amide bonds. The molecule has 0 saturated carbocycles. The van der Waals surface area contributed by atoms with Crippen LogP contribution in [0.15, 0.2) is 55.4 Å². The van der Waals surface area contributed by atoms with E-state index in [4.69, 9.17) is 11.6 Å². The number of allylic oxidation sites excluding steroid dienone is 1. The van der Waals surface area contributed by atoms with Crippen molar-refractivity contribution in [1.29, 1.82) is 0 Å². The average Bonchev–Trinajstić information content (AvgIpc) is 3.17. The molecule has 0 spiro atoms. The smallest absolute Gasteiger partial charge is 0.274 e. The highest BCUT2D eigenvalue weighted by molar-refractivity contribution is 6.33. The minimum absolute atomic E-state index is 0.128. The quantitative estimate of drug-likeness (QED) is 0.488. The second-order valence-corrected chi connectivity index (χ2v) is 8.00. The standard InChI is InChI=1S/C23H23ClN4O2/c1-3-21(29)16-12-22-25-13-20(23(30)26-19-7-5-4-6-18(19)24)28(22)14-17(16)15-8-10-27(2)11-9-15/h3-7,12-15H,1,8-11H2,2H3,(H,26,30). The number of ketones is 1. The summed E-state index contributed by atoms with van der Waals surface area (Å²) in [6.45, 7) is 5.58. The van der Waals surface area contributed by atoms with E-state index in [0.29, 0.717) is 27.6 Å². The van der Waals surface area contributed by atoms with Crippen molar-refractivity contribution >= 4 is 34.6 Å². The summed E-state index contributed by atoms with van der Waals surface area (Å²) < 4.78 is 1.75. The maximum Gasteiger partial charge on any atom is 0.274 e. The van der Waals surface area contributed by atoms with Gasteiger partial charge in [0.2, 0.25) is 0 Å². The Morgan fingerprint density at radius 1 is 1.27 bits per heavy atom. The molecule has 0 atom stereocenters. The maximum atomic E-state index is 12.9. The third-order valence-electron chi connectivity index (χ3n) is 5.64. The van der Waals surface area contributed by atoms with Crippen LogP contribution in [0.3, 0.4) is 0 Å². The Kier molecular flexibility index (Phi) is 5.70. The van der Waals surface area contributed by atoms with Gasteiger partial charge in [-0.3, -0.25) is 14.0 Å². The van der Waals surface area contributed by atoms with Gasteiger partial charge < -0.3 is 10.2 Å². The second kappa shape index (κ2) is 8.42. The Hall–Kier alpha value is -2.96. The number of piperidine rings is 1. The monoisotopic (exact) mass is 422 g/mol. The number of anilines is 1. The molecule has 0 bridgehead atoms. The van der Waals surface area contributed by atoms with Gasteiger partial charge in [-0.25, -0.2) is 4.98 Å². The fourth-order valence-corrected chi connectivity index (χ4v) is 4.11. The van der Waals surface area contributed by atoms with Crippen molar-refractivity contribution in [3.05, 3.63) is 77.2 Å². The molecule has 1 aliphatic heterocycles. The third kappa shape index (κ3) is 3.88. The van der Waals surface area contributed by atoms with E-state index >= 15 is 0 Å². The van der Waals surface area contributed by atoms with Crippen molar-refractivity contribution in [3.8, 4) is 0 Å². The number of fused-ring (bicyclic) bond motifs is 1. The highest BCUT2D eigenvalue weighted by Gasteiger charge is 2.25. The Morgan fingerprint density at radius 3 is 2.70 bits per heavy atom. The second-order valence-electron chi connectivity index (χ2n) is 7.59. The van der Waals surface area contributed by atoms with Crippen LogP contribution in [0.5, 0.6) is 0 Å². The van der Waals surface area contributed by atoms with E-state index in [1.165, 1.54) is 12.3 Å². The number of nitrogens with one attached hydrogen (secondary N) is 1. The van der Waals surface area contributed by atoms with Gasteiger partial charge in [0.15, 0.2) is 5.78 Å². The van der Waals surface area contributed by atoms with Crippen LogP contribution < -0.4 is 5.32 Å². The summed E-state index contributed by atoms with van der Waals surface area (Å²) in [5, 5.41) is 3.30. The van der Waals surface area contributed by atoms with Crippen LogP contribution in [-0.4, -0.2) is 46.1 Å². The number of carbonyl (C=O) groups excluding carboxylic acids is 2. The first-order valence-electron chi connectivity index (χ1n) is 9.90. The fraction of sp³-hybridized carbons (Fsp3) is 0.261. The van der Waals surface area contributed by atoms with E-state index in [0.717, 1.165) is 31.5 Å². The zero-order valence-corrected chi connectivity index (χ0v) is 17.5. The van der Waals surface area contributed by atoms with Gasteiger partial charge in [0.1, 0.15) is 11.3 Å². The predicted molar refractivity (Wildman–Crippen MR) is 119 cm³/mol. The van der Waals surface area contributed by atoms with Crippen LogP contribution in [0.4, 0.5) is 5.69 Å². The maximum absolute atomic E-state index is 12.9. The van der Waals surface area contributed by atoms with Crippen LogP contribution in [0, 0.1) is 0 Å². The van der Waals surface area contributed by atoms with E-state index < -0.39 is 0 Å². The first-order valence-corrected chi connectivity index (χ1v) is 10.3. The summed E-state index contributed by atoms with van der Waals surface area (Å²) in [7, 11) is 2.10. The number of amides is 1. The van der Waals surface area contributed by atoms with E-state index in [1.54, 1.807) is 34.7 Å².